The second kappa shape index (κ2) is 7.99. The van der Waals surface area contributed by atoms with Crippen molar-refractivity contribution in [3.8, 4) is 5.75 Å². The molecule has 122 valence electrons. The summed E-state index contributed by atoms with van der Waals surface area (Å²) in [6.45, 7) is 1.50. The molecule has 0 saturated heterocycles. The number of rotatable bonds is 6. The summed E-state index contributed by atoms with van der Waals surface area (Å²) in [5, 5.41) is 5.08. The zero-order valence-electron chi connectivity index (χ0n) is 12.7. The van der Waals surface area contributed by atoms with Crippen molar-refractivity contribution in [2.75, 3.05) is 13.7 Å². The minimum absolute atomic E-state index is 0.137. The zero-order chi connectivity index (χ0) is 16.8. The van der Waals surface area contributed by atoms with Gasteiger partial charge in [0.25, 0.3) is 5.91 Å². The fourth-order valence-electron chi connectivity index (χ4n) is 1.94. The molecule has 2 aromatic rings. The van der Waals surface area contributed by atoms with Crippen molar-refractivity contribution in [2.24, 2.45) is 0 Å². The summed E-state index contributed by atoms with van der Waals surface area (Å²) in [7, 11) is 1.44. The van der Waals surface area contributed by atoms with Gasteiger partial charge in [0.1, 0.15) is 11.3 Å². The molecule has 1 aromatic carbocycles. The molecule has 0 fully saturated rings. The van der Waals surface area contributed by atoms with E-state index in [4.69, 9.17) is 21.1 Å². The number of nitrogens with one attached hydrogen (secondary N) is 1. The normalized spacial score (nSPS) is 11.6. The van der Waals surface area contributed by atoms with E-state index in [0.717, 1.165) is 4.88 Å². The van der Waals surface area contributed by atoms with Crippen LogP contribution in [0.4, 0.5) is 0 Å². The van der Waals surface area contributed by atoms with Gasteiger partial charge in [0, 0.05) is 9.90 Å². The molecular weight excluding hydrogens is 338 g/mol. The number of benzene rings is 1. The van der Waals surface area contributed by atoms with Crippen LogP contribution in [0.5, 0.6) is 5.75 Å². The fraction of sp³-hybridized carbons (Fsp3) is 0.250. The van der Waals surface area contributed by atoms with Crippen molar-refractivity contribution < 1.29 is 19.1 Å². The lowest BCUT2D eigenvalue weighted by atomic mass is 10.2. The highest BCUT2D eigenvalue weighted by molar-refractivity contribution is 7.10. The maximum absolute atomic E-state index is 12.1. The van der Waals surface area contributed by atoms with Gasteiger partial charge in [-0.25, -0.2) is 4.79 Å². The predicted octanol–water partition coefficient (Wildman–Crippen LogP) is 3.44. The Morgan fingerprint density at radius 2 is 2.13 bits per heavy atom. The first-order valence-electron chi connectivity index (χ1n) is 6.84. The van der Waals surface area contributed by atoms with Crippen LogP contribution in [0.3, 0.4) is 0 Å². The Labute approximate surface area is 143 Å². The van der Waals surface area contributed by atoms with Crippen LogP contribution in [0.15, 0.2) is 35.7 Å². The van der Waals surface area contributed by atoms with Gasteiger partial charge in [0.2, 0.25) is 0 Å². The van der Waals surface area contributed by atoms with Crippen LogP contribution in [0.1, 0.15) is 28.2 Å². The molecule has 23 heavy (non-hydrogen) atoms. The van der Waals surface area contributed by atoms with E-state index in [0.29, 0.717) is 10.8 Å². The number of halogens is 1. The molecule has 0 radical (unpaired) electrons. The molecule has 0 spiro atoms. The summed E-state index contributed by atoms with van der Waals surface area (Å²) in [5.41, 5.74) is 0.180. The molecule has 0 saturated carbocycles. The number of carbonyl (C=O) groups excluding carboxylic acids is 2. The van der Waals surface area contributed by atoms with Gasteiger partial charge in [-0.05, 0) is 36.6 Å². The van der Waals surface area contributed by atoms with E-state index in [9.17, 15) is 9.59 Å². The molecular formula is C16H16ClNO4S. The van der Waals surface area contributed by atoms with Crippen molar-refractivity contribution in [1.29, 1.82) is 0 Å². The lowest BCUT2D eigenvalue weighted by molar-refractivity contribution is -0.124. The third-order valence-corrected chi connectivity index (χ3v) is 4.35. The Balaban J connectivity index is 1.91. The molecule has 1 N–H and O–H groups in total. The Kier molecular flexibility index (Phi) is 6.01. The molecule has 0 aliphatic carbocycles. The van der Waals surface area contributed by atoms with Crippen LogP contribution in [0.25, 0.3) is 0 Å². The van der Waals surface area contributed by atoms with Crippen molar-refractivity contribution in [2.45, 2.75) is 13.0 Å². The van der Waals surface area contributed by atoms with Gasteiger partial charge in [0.15, 0.2) is 6.61 Å². The van der Waals surface area contributed by atoms with E-state index < -0.39 is 5.97 Å². The summed E-state index contributed by atoms with van der Waals surface area (Å²) in [4.78, 5) is 25.0. The molecule has 1 heterocycles. The number of methoxy groups -OCH3 is 1. The number of hydrogen-bond acceptors (Lipinski definition) is 5. The van der Waals surface area contributed by atoms with E-state index >= 15 is 0 Å². The number of amides is 1. The van der Waals surface area contributed by atoms with Crippen molar-refractivity contribution in [3.63, 3.8) is 0 Å². The maximum atomic E-state index is 12.1. The number of esters is 1. The molecule has 0 bridgehead atoms. The number of ether oxygens (including phenoxy) is 2. The average molecular weight is 354 g/mol. The quantitative estimate of drug-likeness (QED) is 0.808. The summed E-state index contributed by atoms with van der Waals surface area (Å²) in [5.74, 6) is -0.699. The summed E-state index contributed by atoms with van der Waals surface area (Å²) in [6, 6.07) is 8.31. The predicted molar refractivity (Wildman–Crippen MR) is 89.2 cm³/mol. The van der Waals surface area contributed by atoms with Gasteiger partial charge >= 0.3 is 5.97 Å². The Morgan fingerprint density at radius 1 is 1.35 bits per heavy atom. The molecule has 1 atom stereocenters. The molecule has 5 nitrogen and oxygen atoms in total. The highest BCUT2D eigenvalue weighted by Gasteiger charge is 2.17. The lowest BCUT2D eigenvalue weighted by Gasteiger charge is -2.13. The SMILES string of the molecule is COc1ccc(Cl)cc1C(=O)OCC(=O)N[C@H](C)c1cccs1. The van der Waals surface area contributed by atoms with Gasteiger partial charge in [-0.2, -0.15) is 0 Å². The first kappa shape index (κ1) is 17.3. The van der Waals surface area contributed by atoms with Crippen LogP contribution >= 0.6 is 22.9 Å². The van der Waals surface area contributed by atoms with Crippen LogP contribution in [0, 0.1) is 0 Å². The standard InChI is InChI=1S/C16H16ClNO4S/c1-10(14-4-3-7-23-14)18-15(19)9-22-16(20)12-8-11(17)5-6-13(12)21-2/h3-8,10H,9H2,1-2H3,(H,18,19)/t10-/m1/s1. The van der Waals surface area contributed by atoms with Crippen LogP contribution in [0.2, 0.25) is 5.02 Å². The van der Waals surface area contributed by atoms with Crippen LogP contribution in [-0.4, -0.2) is 25.6 Å². The van der Waals surface area contributed by atoms with Gasteiger partial charge in [-0.3, -0.25) is 4.79 Å². The summed E-state index contributed by atoms with van der Waals surface area (Å²) in [6.07, 6.45) is 0. The molecule has 0 aliphatic heterocycles. The Bertz CT molecular complexity index is 687. The smallest absolute Gasteiger partial charge is 0.342 e. The largest absolute Gasteiger partial charge is 0.496 e. The van der Waals surface area contributed by atoms with Gasteiger partial charge in [-0.1, -0.05) is 17.7 Å². The number of hydrogen-bond donors (Lipinski definition) is 1. The first-order valence-corrected chi connectivity index (χ1v) is 8.10. The van der Waals surface area contributed by atoms with E-state index in [1.54, 1.807) is 23.5 Å². The second-order valence-electron chi connectivity index (χ2n) is 4.73. The minimum atomic E-state index is -0.664. The number of thiophene rings is 1. The first-order chi connectivity index (χ1) is 11.0. The highest BCUT2D eigenvalue weighted by atomic mass is 35.5. The Morgan fingerprint density at radius 3 is 2.78 bits per heavy atom. The zero-order valence-corrected chi connectivity index (χ0v) is 14.2. The van der Waals surface area contributed by atoms with Gasteiger partial charge < -0.3 is 14.8 Å². The average Bonchev–Trinajstić information content (AvgIpc) is 3.07. The van der Waals surface area contributed by atoms with Gasteiger partial charge in [-0.15, -0.1) is 11.3 Å². The third-order valence-electron chi connectivity index (χ3n) is 3.06. The summed E-state index contributed by atoms with van der Waals surface area (Å²) < 4.78 is 10.1. The fourth-order valence-corrected chi connectivity index (χ4v) is 2.85. The van der Waals surface area contributed by atoms with Crippen LogP contribution in [-0.2, 0) is 9.53 Å². The van der Waals surface area contributed by atoms with E-state index in [-0.39, 0.29) is 24.1 Å². The summed E-state index contributed by atoms with van der Waals surface area (Å²) >= 11 is 7.41. The lowest BCUT2D eigenvalue weighted by Crippen LogP contribution is -2.30. The minimum Gasteiger partial charge on any atom is -0.496 e. The van der Waals surface area contributed by atoms with Crippen molar-refractivity contribution in [1.82, 2.24) is 5.32 Å². The van der Waals surface area contributed by atoms with Crippen molar-refractivity contribution >= 4 is 34.8 Å². The second-order valence-corrected chi connectivity index (χ2v) is 6.14. The molecule has 7 heteroatoms. The monoisotopic (exact) mass is 353 g/mol. The Hall–Kier alpha value is -2.05. The molecule has 1 amide bonds. The highest BCUT2D eigenvalue weighted by Crippen LogP contribution is 2.23. The van der Waals surface area contributed by atoms with Crippen LogP contribution < -0.4 is 10.1 Å². The van der Waals surface area contributed by atoms with Gasteiger partial charge in [0.05, 0.1) is 13.2 Å². The van der Waals surface area contributed by atoms with Crippen molar-refractivity contribution in [3.05, 3.63) is 51.2 Å². The van der Waals surface area contributed by atoms with E-state index in [1.807, 2.05) is 24.4 Å². The van der Waals surface area contributed by atoms with E-state index in [2.05, 4.69) is 5.32 Å². The molecule has 1 aromatic heterocycles. The molecule has 0 aliphatic rings. The number of carbonyl (C=O) groups is 2. The third kappa shape index (κ3) is 4.71. The molecule has 0 unspecified atom stereocenters. The topological polar surface area (TPSA) is 64.6 Å². The maximum Gasteiger partial charge on any atom is 0.342 e. The van der Waals surface area contributed by atoms with E-state index in [1.165, 1.54) is 13.2 Å². The molecule has 2 rings (SSSR count).